The van der Waals surface area contributed by atoms with Crippen LogP contribution in [0, 0.1) is 11.6 Å². The minimum Gasteiger partial charge on any atom is -0.387 e. The van der Waals surface area contributed by atoms with E-state index in [1.165, 1.54) is 24.5 Å². The van der Waals surface area contributed by atoms with Gasteiger partial charge in [0.05, 0.1) is 11.9 Å². The number of hydrogen-bond acceptors (Lipinski definition) is 4. The Hall–Kier alpha value is -1.90. The second-order valence-electron chi connectivity index (χ2n) is 4.60. The summed E-state index contributed by atoms with van der Waals surface area (Å²) in [5.74, 6) is -2.70. The quantitative estimate of drug-likeness (QED) is 0.842. The Morgan fingerprint density at radius 2 is 1.73 bits per heavy atom. The number of nitrogens with zero attached hydrogens (tertiary/aromatic N) is 1. The van der Waals surface area contributed by atoms with Crippen LogP contribution >= 0.6 is 0 Å². The number of benzene rings is 1. The van der Waals surface area contributed by atoms with E-state index < -0.39 is 39.1 Å². The molecule has 1 atom stereocenters. The number of pyridine rings is 1. The lowest BCUT2D eigenvalue weighted by Crippen LogP contribution is -2.30. The summed E-state index contributed by atoms with van der Waals surface area (Å²) in [6.07, 6.45) is 1.84. The number of aromatic nitrogens is 1. The third-order valence-corrected chi connectivity index (χ3v) is 4.26. The zero-order valence-electron chi connectivity index (χ0n) is 11.4. The van der Waals surface area contributed by atoms with Crippen LogP contribution in [0.4, 0.5) is 8.78 Å². The number of rotatable bonds is 6. The van der Waals surface area contributed by atoms with E-state index in [1.54, 1.807) is 0 Å². The van der Waals surface area contributed by atoms with E-state index in [4.69, 9.17) is 0 Å². The zero-order chi connectivity index (χ0) is 16.2. The predicted octanol–water partition coefficient (Wildman–Crippen LogP) is 1.51. The molecule has 0 aliphatic rings. The topological polar surface area (TPSA) is 79.3 Å². The Morgan fingerprint density at radius 3 is 2.32 bits per heavy atom. The van der Waals surface area contributed by atoms with Gasteiger partial charge < -0.3 is 5.11 Å². The standard InChI is InChI=1S/C14H14F2N2O3S/c15-12-2-1-3-13(16)11(12)9-22(20,21)18-8-14(19)10-4-6-17-7-5-10/h1-7,14,18-19H,8-9H2. The fraction of sp³-hybridized carbons (Fsp3) is 0.214. The van der Waals surface area contributed by atoms with Gasteiger partial charge in [0.2, 0.25) is 10.0 Å². The van der Waals surface area contributed by atoms with E-state index in [0.717, 1.165) is 18.2 Å². The summed E-state index contributed by atoms with van der Waals surface area (Å²) in [5, 5.41) is 9.86. The van der Waals surface area contributed by atoms with Crippen LogP contribution < -0.4 is 4.72 Å². The first-order chi connectivity index (χ1) is 10.4. The first kappa shape index (κ1) is 16.5. The summed E-state index contributed by atoms with van der Waals surface area (Å²) in [4.78, 5) is 3.78. The molecule has 2 aromatic rings. The van der Waals surface area contributed by atoms with Crippen molar-refractivity contribution in [2.75, 3.05) is 6.54 Å². The van der Waals surface area contributed by atoms with Crippen LogP contribution in [0.15, 0.2) is 42.7 Å². The molecule has 0 saturated heterocycles. The first-order valence-corrected chi connectivity index (χ1v) is 8.02. The third kappa shape index (κ3) is 4.30. The molecule has 22 heavy (non-hydrogen) atoms. The van der Waals surface area contributed by atoms with Crippen molar-refractivity contribution in [3.63, 3.8) is 0 Å². The highest BCUT2D eigenvalue weighted by Crippen LogP contribution is 2.16. The summed E-state index contributed by atoms with van der Waals surface area (Å²) in [7, 11) is -3.99. The minimum atomic E-state index is -3.99. The van der Waals surface area contributed by atoms with Crippen molar-refractivity contribution >= 4 is 10.0 Å². The lowest BCUT2D eigenvalue weighted by Gasteiger charge is -2.13. The summed E-state index contributed by atoms with van der Waals surface area (Å²) in [6.45, 7) is -0.303. The van der Waals surface area contributed by atoms with E-state index in [9.17, 15) is 22.3 Å². The zero-order valence-corrected chi connectivity index (χ0v) is 12.2. The Labute approximate surface area is 126 Å². The molecule has 0 fully saturated rings. The highest BCUT2D eigenvalue weighted by Gasteiger charge is 2.19. The second kappa shape index (κ2) is 6.91. The number of halogens is 2. The van der Waals surface area contributed by atoms with Crippen LogP contribution in [0.5, 0.6) is 0 Å². The van der Waals surface area contributed by atoms with E-state index >= 15 is 0 Å². The van der Waals surface area contributed by atoms with Gasteiger partial charge in [-0.25, -0.2) is 21.9 Å². The van der Waals surface area contributed by atoms with Gasteiger partial charge in [-0.05, 0) is 29.8 Å². The van der Waals surface area contributed by atoms with E-state index in [-0.39, 0.29) is 6.54 Å². The fourth-order valence-corrected chi connectivity index (χ4v) is 2.99. The highest BCUT2D eigenvalue weighted by molar-refractivity contribution is 7.88. The maximum absolute atomic E-state index is 13.5. The average Bonchev–Trinajstić information content (AvgIpc) is 2.50. The lowest BCUT2D eigenvalue weighted by molar-refractivity contribution is 0.182. The smallest absolute Gasteiger partial charge is 0.216 e. The van der Waals surface area contributed by atoms with Gasteiger partial charge in [0.25, 0.3) is 0 Å². The molecule has 1 unspecified atom stereocenters. The van der Waals surface area contributed by atoms with Crippen LogP contribution in [0.2, 0.25) is 0 Å². The molecular weight excluding hydrogens is 314 g/mol. The predicted molar refractivity (Wildman–Crippen MR) is 76.2 cm³/mol. The van der Waals surface area contributed by atoms with Crippen molar-refractivity contribution in [2.24, 2.45) is 0 Å². The molecule has 8 heteroatoms. The van der Waals surface area contributed by atoms with Crippen molar-refractivity contribution < 1.29 is 22.3 Å². The maximum atomic E-state index is 13.5. The molecule has 0 spiro atoms. The van der Waals surface area contributed by atoms with Crippen LogP contribution in [0.25, 0.3) is 0 Å². The van der Waals surface area contributed by atoms with Crippen molar-refractivity contribution in [3.8, 4) is 0 Å². The van der Waals surface area contributed by atoms with E-state index in [1.807, 2.05) is 0 Å². The Kier molecular flexibility index (Phi) is 5.17. The SMILES string of the molecule is O=S(=O)(Cc1c(F)cccc1F)NCC(O)c1ccncc1. The largest absolute Gasteiger partial charge is 0.387 e. The van der Waals surface area contributed by atoms with Crippen molar-refractivity contribution in [3.05, 3.63) is 65.5 Å². The highest BCUT2D eigenvalue weighted by atomic mass is 32.2. The Morgan fingerprint density at radius 1 is 1.14 bits per heavy atom. The summed E-state index contributed by atoms with van der Waals surface area (Å²) in [6, 6.07) is 6.20. The van der Waals surface area contributed by atoms with Crippen LogP contribution in [0.3, 0.4) is 0 Å². The van der Waals surface area contributed by atoms with Crippen LogP contribution in [-0.2, 0) is 15.8 Å². The molecule has 0 saturated carbocycles. The number of hydrogen-bond donors (Lipinski definition) is 2. The normalized spacial score (nSPS) is 13.0. The Bertz CT molecular complexity index is 719. The monoisotopic (exact) mass is 328 g/mol. The molecule has 0 aliphatic heterocycles. The van der Waals surface area contributed by atoms with Gasteiger partial charge in [0.15, 0.2) is 0 Å². The maximum Gasteiger partial charge on any atom is 0.216 e. The fourth-order valence-electron chi connectivity index (χ4n) is 1.82. The third-order valence-electron chi connectivity index (χ3n) is 2.98. The molecule has 2 rings (SSSR count). The first-order valence-electron chi connectivity index (χ1n) is 6.37. The summed E-state index contributed by atoms with van der Waals surface area (Å²) in [5.41, 5.74) is -0.0526. The van der Waals surface area contributed by atoms with Gasteiger partial charge in [-0.3, -0.25) is 4.98 Å². The molecule has 1 aromatic carbocycles. The lowest BCUT2D eigenvalue weighted by atomic mass is 10.1. The molecule has 1 heterocycles. The second-order valence-corrected chi connectivity index (χ2v) is 6.41. The van der Waals surface area contributed by atoms with Gasteiger partial charge in [-0.1, -0.05) is 6.07 Å². The minimum absolute atomic E-state index is 0.303. The average molecular weight is 328 g/mol. The number of nitrogens with one attached hydrogen (secondary N) is 1. The van der Waals surface area contributed by atoms with Gasteiger partial charge in [-0.15, -0.1) is 0 Å². The van der Waals surface area contributed by atoms with Crippen molar-refractivity contribution in [2.45, 2.75) is 11.9 Å². The number of sulfonamides is 1. The summed E-state index contributed by atoms with van der Waals surface area (Å²) >= 11 is 0. The van der Waals surface area contributed by atoms with Crippen LogP contribution in [-0.4, -0.2) is 25.1 Å². The molecule has 5 nitrogen and oxygen atoms in total. The van der Waals surface area contributed by atoms with Gasteiger partial charge >= 0.3 is 0 Å². The van der Waals surface area contributed by atoms with Gasteiger partial charge in [0.1, 0.15) is 11.6 Å². The van der Waals surface area contributed by atoms with Gasteiger partial charge in [-0.2, -0.15) is 0 Å². The molecule has 0 amide bonds. The molecule has 0 bridgehead atoms. The number of aliphatic hydroxyl groups is 1. The van der Waals surface area contributed by atoms with Crippen LogP contribution in [0.1, 0.15) is 17.2 Å². The molecule has 118 valence electrons. The molecule has 1 aromatic heterocycles. The van der Waals surface area contributed by atoms with Gasteiger partial charge in [0, 0.05) is 24.5 Å². The Balaban J connectivity index is 2.03. The van der Waals surface area contributed by atoms with Crippen molar-refractivity contribution in [1.29, 1.82) is 0 Å². The molecule has 0 radical (unpaired) electrons. The van der Waals surface area contributed by atoms with E-state index in [2.05, 4.69) is 9.71 Å². The molecule has 2 N–H and O–H groups in total. The number of aliphatic hydroxyl groups excluding tert-OH is 1. The molecule has 0 aliphatic carbocycles. The summed E-state index contributed by atoms with van der Waals surface area (Å²) < 4.78 is 52.8. The molecular formula is C14H14F2N2O3S. The van der Waals surface area contributed by atoms with Crippen molar-refractivity contribution in [1.82, 2.24) is 9.71 Å². The van der Waals surface area contributed by atoms with E-state index in [0.29, 0.717) is 5.56 Å².